The quantitative estimate of drug-likeness (QED) is 0.593. The van der Waals surface area contributed by atoms with Crippen LogP contribution in [0, 0.1) is 17.1 Å². The highest BCUT2D eigenvalue weighted by atomic mass is 19.1. The van der Waals surface area contributed by atoms with Gasteiger partial charge in [-0.05, 0) is 25.1 Å². The average Bonchev–Trinajstić information content (AvgIpc) is 2.03. The van der Waals surface area contributed by atoms with Crippen LogP contribution >= 0.6 is 0 Å². The zero-order valence-corrected chi connectivity index (χ0v) is 6.47. The van der Waals surface area contributed by atoms with Crippen molar-refractivity contribution in [1.29, 1.82) is 5.26 Å². The molecule has 0 aromatic heterocycles. The summed E-state index contributed by atoms with van der Waals surface area (Å²) in [5, 5.41) is 8.39. The first-order valence-corrected chi connectivity index (χ1v) is 3.35. The summed E-state index contributed by atoms with van der Waals surface area (Å²) in [6.07, 6.45) is 0. The number of carbonyl (C=O) groups excluding carboxylic acids is 1. The highest BCUT2D eigenvalue weighted by molar-refractivity contribution is 5.94. The molecule has 1 rings (SSSR count). The second-order valence-corrected chi connectivity index (χ2v) is 2.36. The Morgan fingerprint density at radius 3 is 2.67 bits per heavy atom. The van der Waals surface area contributed by atoms with E-state index in [9.17, 15) is 9.18 Å². The van der Waals surface area contributed by atoms with Crippen LogP contribution < -0.4 is 0 Å². The van der Waals surface area contributed by atoms with Crippen LogP contribution in [-0.2, 0) is 0 Å². The molecule has 2 nitrogen and oxygen atoms in total. The summed E-state index contributed by atoms with van der Waals surface area (Å²) in [6, 6.07) is 5.57. The highest BCUT2D eigenvalue weighted by Crippen LogP contribution is 2.09. The molecule has 0 bridgehead atoms. The third kappa shape index (κ3) is 1.48. The van der Waals surface area contributed by atoms with E-state index in [0.29, 0.717) is 0 Å². The Labute approximate surface area is 69.2 Å². The minimum atomic E-state index is -0.637. The predicted octanol–water partition coefficient (Wildman–Crippen LogP) is 1.90. The maximum Gasteiger partial charge on any atom is 0.162 e. The molecule has 0 amide bonds. The minimum Gasteiger partial charge on any atom is -0.294 e. The van der Waals surface area contributed by atoms with Gasteiger partial charge < -0.3 is 0 Å². The number of rotatable bonds is 1. The van der Waals surface area contributed by atoms with Gasteiger partial charge in [-0.1, -0.05) is 0 Å². The predicted molar refractivity (Wildman–Crippen MR) is 41.1 cm³/mol. The molecule has 0 heterocycles. The number of carbonyl (C=O) groups is 1. The summed E-state index contributed by atoms with van der Waals surface area (Å²) in [7, 11) is 0. The van der Waals surface area contributed by atoms with Crippen molar-refractivity contribution in [3.05, 3.63) is 35.1 Å². The van der Waals surface area contributed by atoms with E-state index >= 15 is 0 Å². The summed E-state index contributed by atoms with van der Waals surface area (Å²) in [5.74, 6) is -0.974. The second kappa shape index (κ2) is 3.14. The first-order valence-electron chi connectivity index (χ1n) is 3.35. The molecular formula is C9H6FNO. The number of nitrogens with zero attached hydrogens (tertiary/aromatic N) is 1. The molecule has 0 spiro atoms. The van der Waals surface area contributed by atoms with Crippen LogP contribution in [0.3, 0.4) is 0 Å². The first kappa shape index (κ1) is 8.41. The molecular weight excluding hydrogens is 157 g/mol. The number of hydrogen-bond acceptors (Lipinski definition) is 2. The fraction of sp³-hybridized carbons (Fsp3) is 0.111. The molecule has 3 heteroatoms. The Morgan fingerprint density at radius 2 is 2.25 bits per heavy atom. The lowest BCUT2D eigenvalue weighted by Crippen LogP contribution is -1.96. The van der Waals surface area contributed by atoms with Gasteiger partial charge in [0.15, 0.2) is 5.78 Å². The molecule has 0 aliphatic rings. The molecule has 0 aliphatic carbocycles. The normalized spacial score (nSPS) is 9.08. The van der Waals surface area contributed by atoms with Crippen molar-refractivity contribution >= 4 is 5.78 Å². The number of benzene rings is 1. The SMILES string of the molecule is CC(=O)c1ccc(C#N)cc1F. The van der Waals surface area contributed by atoms with Gasteiger partial charge in [-0.25, -0.2) is 4.39 Å². The van der Waals surface area contributed by atoms with Gasteiger partial charge in [0.05, 0.1) is 17.2 Å². The molecule has 0 fully saturated rings. The molecule has 0 atom stereocenters. The fourth-order valence-corrected chi connectivity index (χ4v) is 0.870. The van der Waals surface area contributed by atoms with Crippen molar-refractivity contribution < 1.29 is 9.18 Å². The molecule has 1 aromatic rings. The van der Waals surface area contributed by atoms with Crippen LogP contribution in [0.5, 0.6) is 0 Å². The molecule has 0 saturated carbocycles. The third-order valence-corrected chi connectivity index (χ3v) is 1.48. The van der Waals surface area contributed by atoms with Gasteiger partial charge in [-0.2, -0.15) is 5.26 Å². The Morgan fingerprint density at radius 1 is 1.58 bits per heavy atom. The zero-order chi connectivity index (χ0) is 9.14. The van der Waals surface area contributed by atoms with Gasteiger partial charge >= 0.3 is 0 Å². The monoisotopic (exact) mass is 163 g/mol. The van der Waals surface area contributed by atoms with Crippen molar-refractivity contribution in [2.45, 2.75) is 6.92 Å². The topological polar surface area (TPSA) is 40.9 Å². The summed E-state index contributed by atoms with van der Waals surface area (Å²) < 4.78 is 12.9. The summed E-state index contributed by atoms with van der Waals surface area (Å²) in [6.45, 7) is 1.28. The number of ketones is 1. The van der Waals surface area contributed by atoms with Crippen LogP contribution in [0.2, 0.25) is 0 Å². The van der Waals surface area contributed by atoms with Crippen LogP contribution in [0.4, 0.5) is 4.39 Å². The largest absolute Gasteiger partial charge is 0.294 e. The fourth-order valence-electron chi connectivity index (χ4n) is 0.870. The lowest BCUT2D eigenvalue weighted by Gasteiger charge is -1.96. The molecule has 0 N–H and O–H groups in total. The molecule has 12 heavy (non-hydrogen) atoms. The lowest BCUT2D eigenvalue weighted by atomic mass is 10.1. The molecule has 0 aliphatic heterocycles. The van der Waals surface area contributed by atoms with Crippen molar-refractivity contribution in [2.24, 2.45) is 0 Å². The van der Waals surface area contributed by atoms with Crippen LogP contribution in [0.25, 0.3) is 0 Å². The van der Waals surface area contributed by atoms with E-state index in [1.54, 1.807) is 6.07 Å². The Bertz CT molecular complexity index is 365. The molecule has 0 radical (unpaired) electrons. The number of hydrogen-bond donors (Lipinski definition) is 0. The van der Waals surface area contributed by atoms with Gasteiger partial charge in [-0.3, -0.25) is 4.79 Å². The first-order chi connectivity index (χ1) is 5.65. The van der Waals surface area contributed by atoms with E-state index in [4.69, 9.17) is 5.26 Å². The smallest absolute Gasteiger partial charge is 0.162 e. The summed E-state index contributed by atoms with van der Waals surface area (Å²) in [5.41, 5.74) is 0.242. The molecule has 1 aromatic carbocycles. The van der Waals surface area contributed by atoms with Gasteiger partial charge in [0.1, 0.15) is 5.82 Å². The lowest BCUT2D eigenvalue weighted by molar-refractivity contribution is 0.101. The highest BCUT2D eigenvalue weighted by Gasteiger charge is 2.06. The maximum atomic E-state index is 12.9. The van der Waals surface area contributed by atoms with Gasteiger partial charge in [0.25, 0.3) is 0 Å². The molecule has 60 valence electrons. The van der Waals surface area contributed by atoms with E-state index in [1.165, 1.54) is 19.1 Å². The van der Waals surface area contributed by atoms with Gasteiger partial charge in [-0.15, -0.1) is 0 Å². The Balaban J connectivity index is 3.23. The van der Waals surface area contributed by atoms with E-state index in [0.717, 1.165) is 6.07 Å². The summed E-state index contributed by atoms with van der Waals surface area (Å²) in [4.78, 5) is 10.7. The van der Waals surface area contributed by atoms with E-state index in [2.05, 4.69) is 0 Å². The Kier molecular flexibility index (Phi) is 2.20. The molecule has 0 saturated heterocycles. The van der Waals surface area contributed by atoms with Crippen LogP contribution in [-0.4, -0.2) is 5.78 Å². The summed E-state index contributed by atoms with van der Waals surface area (Å²) >= 11 is 0. The minimum absolute atomic E-state index is 0.0222. The number of Topliss-reactive ketones (excluding diaryl/α,β-unsaturated/α-hetero) is 1. The average molecular weight is 163 g/mol. The van der Waals surface area contributed by atoms with Gasteiger partial charge in [0.2, 0.25) is 0 Å². The number of nitriles is 1. The van der Waals surface area contributed by atoms with E-state index < -0.39 is 5.82 Å². The number of halogens is 1. The zero-order valence-electron chi connectivity index (χ0n) is 6.47. The van der Waals surface area contributed by atoms with Crippen molar-refractivity contribution in [3.63, 3.8) is 0 Å². The van der Waals surface area contributed by atoms with Crippen molar-refractivity contribution in [3.8, 4) is 6.07 Å². The van der Waals surface area contributed by atoms with Gasteiger partial charge in [0, 0.05) is 0 Å². The molecule has 0 unspecified atom stereocenters. The standard InChI is InChI=1S/C9H6FNO/c1-6(12)8-3-2-7(5-11)4-9(8)10/h2-4H,1H3. The van der Waals surface area contributed by atoms with Crippen molar-refractivity contribution in [1.82, 2.24) is 0 Å². The Hall–Kier alpha value is -1.69. The van der Waals surface area contributed by atoms with Crippen molar-refractivity contribution in [2.75, 3.05) is 0 Å². The van der Waals surface area contributed by atoms with Crippen LogP contribution in [0.1, 0.15) is 22.8 Å². The van der Waals surface area contributed by atoms with Crippen LogP contribution in [0.15, 0.2) is 18.2 Å². The van der Waals surface area contributed by atoms with E-state index in [1.807, 2.05) is 0 Å². The second-order valence-electron chi connectivity index (χ2n) is 2.36. The maximum absolute atomic E-state index is 12.9. The van der Waals surface area contributed by atoms with E-state index in [-0.39, 0.29) is 16.9 Å². The third-order valence-electron chi connectivity index (χ3n) is 1.48.